The molecule has 0 saturated carbocycles. The number of rotatable bonds is 4. The highest BCUT2D eigenvalue weighted by molar-refractivity contribution is 7.91. The van der Waals surface area contributed by atoms with Gasteiger partial charge < -0.3 is 9.42 Å². The Bertz CT molecular complexity index is 1060. The lowest BCUT2D eigenvalue weighted by molar-refractivity contribution is 0.384. The van der Waals surface area contributed by atoms with Gasteiger partial charge in [0.2, 0.25) is 11.7 Å². The number of thiophene rings is 1. The van der Waals surface area contributed by atoms with Gasteiger partial charge in [0, 0.05) is 44.0 Å². The topological polar surface area (TPSA) is 79.5 Å². The van der Waals surface area contributed by atoms with E-state index in [1.165, 1.54) is 10.4 Å². The number of piperazine rings is 1. The SMILES string of the molecule is Cc1nc(-c2csc(S(=O)(=O)N3CCN(c4ccccc4F)CC3)c2)no1. The van der Waals surface area contributed by atoms with Crippen LogP contribution in [-0.4, -0.2) is 49.0 Å². The molecule has 0 N–H and O–H groups in total. The molecule has 2 aromatic heterocycles. The van der Waals surface area contributed by atoms with Gasteiger partial charge in [-0.15, -0.1) is 11.3 Å². The van der Waals surface area contributed by atoms with Crippen molar-refractivity contribution < 1.29 is 17.3 Å². The van der Waals surface area contributed by atoms with Crippen LogP contribution in [0.25, 0.3) is 11.4 Å². The second kappa shape index (κ2) is 7.02. The molecule has 0 atom stereocenters. The van der Waals surface area contributed by atoms with Crippen LogP contribution in [0.2, 0.25) is 0 Å². The molecule has 1 aliphatic heterocycles. The van der Waals surface area contributed by atoms with E-state index in [-0.39, 0.29) is 10.0 Å². The number of benzene rings is 1. The summed E-state index contributed by atoms with van der Waals surface area (Å²) >= 11 is 1.13. The number of para-hydroxylation sites is 1. The Kier molecular flexibility index (Phi) is 4.70. The summed E-state index contributed by atoms with van der Waals surface area (Å²) in [5, 5.41) is 5.52. The number of hydrogen-bond acceptors (Lipinski definition) is 7. The number of anilines is 1. The summed E-state index contributed by atoms with van der Waals surface area (Å²) < 4.78 is 46.4. The van der Waals surface area contributed by atoms with Gasteiger partial charge in [-0.2, -0.15) is 9.29 Å². The van der Waals surface area contributed by atoms with Gasteiger partial charge in [0.1, 0.15) is 10.0 Å². The first-order valence-electron chi connectivity index (χ1n) is 8.34. The van der Waals surface area contributed by atoms with Crippen molar-refractivity contribution in [3.8, 4) is 11.4 Å². The van der Waals surface area contributed by atoms with Crippen molar-refractivity contribution in [2.75, 3.05) is 31.1 Å². The van der Waals surface area contributed by atoms with Crippen LogP contribution in [0, 0.1) is 12.7 Å². The number of aromatic nitrogens is 2. The van der Waals surface area contributed by atoms with Crippen LogP contribution in [0.4, 0.5) is 10.1 Å². The number of aryl methyl sites for hydroxylation is 1. The first-order chi connectivity index (χ1) is 12.9. The molecule has 0 spiro atoms. The van der Waals surface area contributed by atoms with Gasteiger partial charge in [-0.3, -0.25) is 0 Å². The van der Waals surface area contributed by atoms with E-state index in [9.17, 15) is 12.8 Å². The van der Waals surface area contributed by atoms with Crippen molar-refractivity contribution in [2.45, 2.75) is 11.1 Å². The molecule has 0 unspecified atom stereocenters. The lowest BCUT2D eigenvalue weighted by Gasteiger charge is -2.35. The summed E-state index contributed by atoms with van der Waals surface area (Å²) in [6, 6.07) is 8.09. The molecule has 3 heterocycles. The fraction of sp³-hybridized carbons (Fsp3) is 0.294. The molecule has 10 heteroatoms. The molecule has 1 aromatic carbocycles. The average molecular weight is 408 g/mol. The van der Waals surface area contributed by atoms with Gasteiger partial charge in [-0.1, -0.05) is 17.3 Å². The third-order valence-corrected chi connectivity index (χ3v) is 7.70. The number of hydrogen-bond donors (Lipinski definition) is 0. The summed E-state index contributed by atoms with van der Waals surface area (Å²) in [6.07, 6.45) is 0. The summed E-state index contributed by atoms with van der Waals surface area (Å²) in [5.41, 5.74) is 1.11. The molecular weight excluding hydrogens is 391 g/mol. The van der Waals surface area contributed by atoms with Crippen LogP contribution in [-0.2, 0) is 10.0 Å². The first-order valence-corrected chi connectivity index (χ1v) is 10.7. The Morgan fingerprint density at radius 3 is 2.59 bits per heavy atom. The van der Waals surface area contributed by atoms with E-state index in [0.717, 1.165) is 11.3 Å². The molecule has 7 nitrogen and oxygen atoms in total. The van der Waals surface area contributed by atoms with E-state index in [4.69, 9.17) is 4.52 Å². The van der Waals surface area contributed by atoms with Crippen molar-refractivity contribution in [1.29, 1.82) is 0 Å². The molecule has 1 aliphatic rings. The molecule has 0 radical (unpaired) electrons. The maximum atomic E-state index is 13.9. The molecule has 4 rings (SSSR count). The summed E-state index contributed by atoms with van der Waals surface area (Å²) in [6.45, 7) is 3.14. The fourth-order valence-corrected chi connectivity index (χ4v) is 5.72. The van der Waals surface area contributed by atoms with Gasteiger partial charge in [-0.05, 0) is 18.2 Å². The van der Waals surface area contributed by atoms with E-state index in [2.05, 4.69) is 10.1 Å². The van der Waals surface area contributed by atoms with E-state index in [1.54, 1.807) is 36.6 Å². The summed E-state index contributed by atoms with van der Waals surface area (Å²) in [4.78, 5) is 5.98. The van der Waals surface area contributed by atoms with Crippen LogP contribution in [0.15, 0.2) is 44.4 Å². The zero-order valence-corrected chi connectivity index (χ0v) is 16.1. The fourth-order valence-electron chi connectivity index (χ4n) is 2.99. The standard InChI is InChI=1S/C17H17FN4O3S2/c1-12-19-17(20-25-12)13-10-16(26-11-13)27(23,24)22-8-6-21(7-9-22)15-5-3-2-4-14(15)18/h2-5,10-11H,6-9H2,1H3. The minimum absolute atomic E-state index is 0.235. The van der Waals surface area contributed by atoms with E-state index in [0.29, 0.717) is 49.1 Å². The zero-order valence-electron chi connectivity index (χ0n) is 14.5. The lowest BCUT2D eigenvalue weighted by Crippen LogP contribution is -2.48. The van der Waals surface area contributed by atoms with Crippen molar-refractivity contribution in [2.24, 2.45) is 0 Å². The second-order valence-corrected chi connectivity index (χ2v) is 9.21. The Morgan fingerprint density at radius 2 is 1.93 bits per heavy atom. The van der Waals surface area contributed by atoms with E-state index >= 15 is 0 Å². The van der Waals surface area contributed by atoms with Gasteiger partial charge in [0.05, 0.1) is 5.69 Å². The van der Waals surface area contributed by atoms with Crippen LogP contribution in [0.1, 0.15) is 5.89 Å². The minimum Gasteiger partial charge on any atom is -0.367 e. The van der Waals surface area contributed by atoms with Gasteiger partial charge in [-0.25, -0.2) is 12.8 Å². The number of halogens is 1. The monoisotopic (exact) mass is 408 g/mol. The zero-order chi connectivity index (χ0) is 19.0. The Morgan fingerprint density at radius 1 is 1.19 bits per heavy atom. The molecule has 0 amide bonds. The number of nitrogens with zero attached hydrogens (tertiary/aromatic N) is 4. The highest BCUT2D eigenvalue weighted by Crippen LogP contribution is 2.30. The molecule has 3 aromatic rings. The average Bonchev–Trinajstić information content (AvgIpc) is 3.32. The van der Waals surface area contributed by atoms with Gasteiger partial charge in [0.25, 0.3) is 10.0 Å². The van der Waals surface area contributed by atoms with Crippen molar-refractivity contribution in [3.05, 3.63) is 47.4 Å². The maximum Gasteiger partial charge on any atom is 0.252 e. The van der Waals surface area contributed by atoms with E-state index < -0.39 is 10.0 Å². The van der Waals surface area contributed by atoms with Crippen LogP contribution < -0.4 is 4.90 Å². The van der Waals surface area contributed by atoms with Crippen LogP contribution in [0.3, 0.4) is 0 Å². The van der Waals surface area contributed by atoms with Crippen LogP contribution >= 0.6 is 11.3 Å². The van der Waals surface area contributed by atoms with Gasteiger partial charge in [0.15, 0.2) is 0 Å². The Labute approximate surface area is 160 Å². The van der Waals surface area contributed by atoms with E-state index in [1.807, 2.05) is 4.90 Å². The molecule has 27 heavy (non-hydrogen) atoms. The van der Waals surface area contributed by atoms with Crippen molar-refractivity contribution >= 4 is 27.0 Å². The predicted octanol–water partition coefficient (Wildman–Crippen LogP) is 2.76. The quantitative estimate of drug-likeness (QED) is 0.661. The molecule has 0 bridgehead atoms. The second-order valence-electron chi connectivity index (χ2n) is 6.13. The molecular formula is C17H17FN4O3S2. The molecule has 1 saturated heterocycles. The molecule has 142 valence electrons. The third-order valence-electron chi connectivity index (χ3n) is 4.39. The van der Waals surface area contributed by atoms with Crippen molar-refractivity contribution in [3.63, 3.8) is 0 Å². The molecule has 0 aliphatic carbocycles. The largest absolute Gasteiger partial charge is 0.367 e. The van der Waals surface area contributed by atoms with Gasteiger partial charge >= 0.3 is 0 Å². The van der Waals surface area contributed by atoms with Crippen LogP contribution in [0.5, 0.6) is 0 Å². The third kappa shape index (κ3) is 3.47. The Balaban J connectivity index is 1.49. The Hall–Kier alpha value is -2.30. The number of sulfonamides is 1. The highest BCUT2D eigenvalue weighted by Gasteiger charge is 2.30. The minimum atomic E-state index is -3.61. The summed E-state index contributed by atoms with van der Waals surface area (Å²) in [5.74, 6) is 0.492. The smallest absolute Gasteiger partial charge is 0.252 e. The maximum absolute atomic E-state index is 13.9. The predicted molar refractivity (Wildman–Crippen MR) is 99.7 cm³/mol. The normalized spacial score (nSPS) is 16.0. The van der Waals surface area contributed by atoms with Crippen molar-refractivity contribution in [1.82, 2.24) is 14.4 Å². The highest BCUT2D eigenvalue weighted by atomic mass is 32.2. The lowest BCUT2D eigenvalue weighted by atomic mass is 10.2. The first kappa shape index (κ1) is 18.1. The molecule has 1 fully saturated rings. The summed E-state index contributed by atoms with van der Waals surface area (Å²) in [7, 11) is -3.61.